The molecule has 15 heavy (non-hydrogen) atoms. The van der Waals surface area contributed by atoms with Gasteiger partial charge in [-0.25, -0.2) is 0 Å². The number of hydrogen-bond acceptors (Lipinski definition) is 2. The Kier molecular flexibility index (Phi) is 4.92. The molecule has 0 fully saturated rings. The van der Waals surface area contributed by atoms with E-state index in [-0.39, 0.29) is 0 Å². The zero-order valence-electron chi connectivity index (χ0n) is 9.51. The predicted octanol–water partition coefficient (Wildman–Crippen LogP) is 3.03. The van der Waals surface area contributed by atoms with Crippen LogP contribution in [0.4, 0.5) is 0 Å². The molecule has 0 radical (unpaired) electrons. The van der Waals surface area contributed by atoms with Gasteiger partial charge in [-0.1, -0.05) is 18.5 Å². The molecule has 0 aliphatic rings. The minimum absolute atomic E-state index is 0.367. The van der Waals surface area contributed by atoms with Crippen LogP contribution in [0.3, 0.4) is 0 Å². The average Bonchev–Trinajstić information content (AvgIpc) is 2.20. The van der Waals surface area contributed by atoms with Crippen molar-refractivity contribution in [3.8, 4) is 5.75 Å². The fourth-order valence-electron chi connectivity index (χ4n) is 1.34. The fraction of sp³-hybridized carbons (Fsp3) is 0.500. The van der Waals surface area contributed by atoms with Gasteiger partial charge in [-0.3, -0.25) is 0 Å². The lowest BCUT2D eigenvalue weighted by Gasteiger charge is -2.14. The van der Waals surface area contributed by atoms with Gasteiger partial charge in [0.1, 0.15) is 12.4 Å². The first-order valence-electron chi connectivity index (χ1n) is 5.25. The molecule has 2 nitrogen and oxygen atoms in total. The molecular weight excluding hydrogens is 210 g/mol. The zero-order valence-corrected chi connectivity index (χ0v) is 10.3. The molecule has 1 aromatic carbocycles. The molecule has 3 heteroatoms. The van der Waals surface area contributed by atoms with E-state index in [0.29, 0.717) is 12.6 Å². The van der Waals surface area contributed by atoms with Crippen molar-refractivity contribution >= 4 is 11.6 Å². The Balaban J connectivity index is 2.47. The van der Waals surface area contributed by atoms with E-state index >= 15 is 0 Å². The number of nitrogens with one attached hydrogen (secondary N) is 1. The van der Waals surface area contributed by atoms with Gasteiger partial charge in [-0.05, 0) is 44.2 Å². The number of aryl methyl sites for hydroxylation is 1. The normalized spacial score (nSPS) is 12.5. The summed E-state index contributed by atoms with van der Waals surface area (Å²) in [7, 11) is 0. The largest absolute Gasteiger partial charge is 0.492 e. The second-order valence-corrected chi connectivity index (χ2v) is 4.09. The molecule has 1 atom stereocenters. The summed E-state index contributed by atoms with van der Waals surface area (Å²) in [6, 6.07) is 6.09. The van der Waals surface area contributed by atoms with Crippen molar-refractivity contribution in [3.05, 3.63) is 28.8 Å². The van der Waals surface area contributed by atoms with Gasteiger partial charge in [-0.2, -0.15) is 0 Å². The average molecular weight is 228 g/mol. The molecule has 0 saturated carbocycles. The third kappa shape index (κ3) is 4.10. The van der Waals surface area contributed by atoms with Crippen LogP contribution < -0.4 is 10.1 Å². The van der Waals surface area contributed by atoms with Gasteiger partial charge >= 0.3 is 0 Å². The van der Waals surface area contributed by atoms with Gasteiger partial charge in [-0.15, -0.1) is 0 Å². The monoisotopic (exact) mass is 227 g/mol. The summed E-state index contributed by atoms with van der Waals surface area (Å²) in [5, 5.41) is 4.07. The summed E-state index contributed by atoms with van der Waals surface area (Å²) in [6.45, 7) is 7.80. The first-order chi connectivity index (χ1) is 7.13. The number of rotatable bonds is 5. The van der Waals surface area contributed by atoms with Crippen LogP contribution in [-0.4, -0.2) is 19.2 Å². The molecular formula is C12H18ClNO. The number of ether oxygens (including phenoxy) is 1. The zero-order chi connectivity index (χ0) is 11.3. The third-order valence-electron chi connectivity index (χ3n) is 2.18. The highest BCUT2D eigenvalue weighted by Crippen LogP contribution is 2.20. The maximum Gasteiger partial charge on any atom is 0.119 e. The van der Waals surface area contributed by atoms with E-state index in [0.717, 1.165) is 22.9 Å². The summed E-state index contributed by atoms with van der Waals surface area (Å²) in [5.41, 5.74) is 1.05. The molecule has 1 aromatic rings. The van der Waals surface area contributed by atoms with Crippen molar-refractivity contribution in [3.63, 3.8) is 0 Å². The van der Waals surface area contributed by atoms with Crippen LogP contribution >= 0.6 is 11.6 Å². The Morgan fingerprint density at radius 3 is 2.80 bits per heavy atom. The van der Waals surface area contributed by atoms with E-state index in [2.05, 4.69) is 19.2 Å². The Labute approximate surface area is 96.6 Å². The Bertz CT molecular complexity index is 314. The molecule has 1 rings (SSSR count). The molecule has 0 spiro atoms. The number of benzene rings is 1. The number of likely N-dealkylation sites (N-methyl/N-ethyl adjacent to an activating group) is 1. The van der Waals surface area contributed by atoms with Crippen LogP contribution in [0.2, 0.25) is 5.02 Å². The Morgan fingerprint density at radius 1 is 1.47 bits per heavy atom. The first kappa shape index (κ1) is 12.3. The van der Waals surface area contributed by atoms with Crippen molar-refractivity contribution in [1.29, 1.82) is 0 Å². The number of hydrogen-bond donors (Lipinski definition) is 1. The molecule has 0 aliphatic heterocycles. The third-order valence-corrected chi connectivity index (χ3v) is 2.61. The van der Waals surface area contributed by atoms with Crippen molar-refractivity contribution in [2.24, 2.45) is 0 Å². The smallest absolute Gasteiger partial charge is 0.119 e. The van der Waals surface area contributed by atoms with E-state index in [9.17, 15) is 0 Å². The summed E-state index contributed by atoms with van der Waals surface area (Å²) in [6.07, 6.45) is 0. The van der Waals surface area contributed by atoms with Crippen molar-refractivity contribution in [2.45, 2.75) is 26.8 Å². The predicted molar refractivity (Wildman–Crippen MR) is 64.8 cm³/mol. The number of halogens is 1. The molecule has 0 aromatic heterocycles. The topological polar surface area (TPSA) is 21.3 Å². The standard InChI is InChI=1S/C12H18ClNO/c1-4-14-10(3)8-15-11-5-6-12(13)9(2)7-11/h5-7,10,14H,4,8H2,1-3H3. The van der Waals surface area contributed by atoms with Crippen LogP contribution in [0.25, 0.3) is 0 Å². The van der Waals surface area contributed by atoms with Gasteiger partial charge in [0.2, 0.25) is 0 Å². The second kappa shape index (κ2) is 5.99. The summed E-state index contributed by atoms with van der Waals surface area (Å²) in [4.78, 5) is 0. The van der Waals surface area contributed by atoms with E-state index in [1.807, 2.05) is 25.1 Å². The minimum Gasteiger partial charge on any atom is -0.492 e. The van der Waals surface area contributed by atoms with Crippen LogP contribution in [0, 0.1) is 6.92 Å². The van der Waals surface area contributed by atoms with Crippen LogP contribution in [0.1, 0.15) is 19.4 Å². The lowest BCUT2D eigenvalue weighted by molar-refractivity contribution is 0.275. The summed E-state index contributed by atoms with van der Waals surface area (Å²) in [5.74, 6) is 0.877. The lowest BCUT2D eigenvalue weighted by atomic mass is 10.2. The molecule has 1 unspecified atom stereocenters. The molecule has 0 heterocycles. The van der Waals surface area contributed by atoms with Gasteiger partial charge < -0.3 is 10.1 Å². The molecule has 0 saturated heterocycles. The highest BCUT2D eigenvalue weighted by atomic mass is 35.5. The highest BCUT2D eigenvalue weighted by molar-refractivity contribution is 6.31. The quantitative estimate of drug-likeness (QED) is 0.835. The highest BCUT2D eigenvalue weighted by Gasteiger charge is 2.02. The SMILES string of the molecule is CCNC(C)COc1ccc(Cl)c(C)c1. The van der Waals surface area contributed by atoms with Crippen molar-refractivity contribution < 1.29 is 4.74 Å². The van der Waals surface area contributed by atoms with Gasteiger partial charge in [0.15, 0.2) is 0 Å². The van der Waals surface area contributed by atoms with Gasteiger partial charge in [0, 0.05) is 11.1 Å². The molecule has 0 amide bonds. The Morgan fingerprint density at radius 2 is 2.20 bits per heavy atom. The van der Waals surface area contributed by atoms with Crippen molar-refractivity contribution in [2.75, 3.05) is 13.2 Å². The van der Waals surface area contributed by atoms with Crippen LogP contribution in [0.15, 0.2) is 18.2 Å². The van der Waals surface area contributed by atoms with E-state index in [1.54, 1.807) is 0 Å². The molecule has 84 valence electrons. The molecule has 1 N–H and O–H groups in total. The van der Waals surface area contributed by atoms with E-state index in [4.69, 9.17) is 16.3 Å². The summed E-state index contributed by atoms with van der Waals surface area (Å²) < 4.78 is 5.64. The van der Waals surface area contributed by atoms with E-state index in [1.165, 1.54) is 0 Å². The first-order valence-corrected chi connectivity index (χ1v) is 5.63. The van der Waals surface area contributed by atoms with Crippen LogP contribution in [-0.2, 0) is 0 Å². The van der Waals surface area contributed by atoms with Gasteiger partial charge in [0.25, 0.3) is 0 Å². The van der Waals surface area contributed by atoms with Gasteiger partial charge in [0.05, 0.1) is 0 Å². The molecule has 0 bridgehead atoms. The van der Waals surface area contributed by atoms with Crippen LogP contribution in [0.5, 0.6) is 5.75 Å². The molecule has 0 aliphatic carbocycles. The fourth-order valence-corrected chi connectivity index (χ4v) is 1.45. The maximum absolute atomic E-state index is 5.93. The van der Waals surface area contributed by atoms with Crippen molar-refractivity contribution in [1.82, 2.24) is 5.32 Å². The Hall–Kier alpha value is -0.730. The minimum atomic E-state index is 0.367. The lowest BCUT2D eigenvalue weighted by Crippen LogP contribution is -2.31. The second-order valence-electron chi connectivity index (χ2n) is 3.68. The maximum atomic E-state index is 5.93. The summed E-state index contributed by atoms with van der Waals surface area (Å²) >= 11 is 5.93. The van der Waals surface area contributed by atoms with E-state index < -0.39 is 0 Å².